The van der Waals surface area contributed by atoms with Crippen molar-refractivity contribution in [3.63, 3.8) is 0 Å². The van der Waals surface area contributed by atoms with Gasteiger partial charge in [-0.3, -0.25) is 4.98 Å². The number of furan rings is 1. The molecular formula is C9H7NO4. The smallest absolute Gasteiger partial charge is 0.338 e. The van der Waals surface area contributed by atoms with Crippen LogP contribution in [0.15, 0.2) is 22.9 Å². The van der Waals surface area contributed by atoms with E-state index in [0.717, 1.165) is 0 Å². The summed E-state index contributed by atoms with van der Waals surface area (Å²) in [6.07, 6.45) is 2.73. The number of carbonyl (C=O) groups is 1. The van der Waals surface area contributed by atoms with E-state index in [2.05, 4.69) is 4.98 Å². The minimum Gasteiger partial charge on any atom is -0.478 e. The summed E-state index contributed by atoms with van der Waals surface area (Å²) in [5, 5.41) is 9.33. The largest absolute Gasteiger partial charge is 0.478 e. The Labute approximate surface area is 78.9 Å². The SMILES string of the molecule is COc1cc2c(C(=O)O)cncc2o1. The van der Waals surface area contributed by atoms with Crippen LogP contribution in [0.3, 0.4) is 0 Å². The van der Waals surface area contributed by atoms with Crippen LogP contribution in [0.1, 0.15) is 10.4 Å². The van der Waals surface area contributed by atoms with Gasteiger partial charge < -0.3 is 14.3 Å². The lowest BCUT2D eigenvalue weighted by molar-refractivity contribution is 0.0698. The number of hydrogen-bond donors (Lipinski definition) is 1. The molecule has 0 spiro atoms. The topological polar surface area (TPSA) is 72.6 Å². The Bertz CT molecular complexity index is 489. The zero-order valence-electron chi connectivity index (χ0n) is 7.35. The van der Waals surface area contributed by atoms with Crippen LogP contribution in [0.25, 0.3) is 11.0 Å². The van der Waals surface area contributed by atoms with E-state index in [4.69, 9.17) is 14.3 Å². The van der Waals surface area contributed by atoms with Gasteiger partial charge in [0.15, 0.2) is 5.58 Å². The number of aromatic nitrogens is 1. The van der Waals surface area contributed by atoms with Gasteiger partial charge in [-0.15, -0.1) is 0 Å². The summed E-state index contributed by atoms with van der Waals surface area (Å²) in [5.74, 6) is -0.762. The van der Waals surface area contributed by atoms with Gasteiger partial charge in [0.1, 0.15) is 0 Å². The van der Waals surface area contributed by atoms with Crippen molar-refractivity contribution < 1.29 is 19.1 Å². The number of pyridine rings is 1. The van der Waals surface area contributed by atoms with E-state index in [0.29, 0.717) is 11.0 Å². The first-order valence-electron chi connectivity index (χ1n) is 3.87. The molecule has 5 nitrogen and oxygen atoms in total. The van der Waals surface area contributed by atoms with Crippen molar-refractivity contribution in [2.75, 3.05) is 7.11 Å². The number of ether oxygens (including phenoxy) is 1. The average Bonchev–Trinajstić information content (AvgIpc) is 2.59. The molecule has 0 saturated carbocycles. The molecule has 0 amide bonds. The molecule has 0 radical (unpaired) electrons. The van der Waals surface area contributed by atoms with E-state index >= 15 is 0 Å². The molecule has 2 aromatic heterocycles. The van der Waals surface area contributed by atoms with E-state index in [1.165, 1.54) is 25.6 Å². The predicted octanol–water partition coefficient (Wildman–Crippen LogP) is 1.53. The van der Waals surface area contributed by atoms with Gasteiger partial charge >= 0.3 is 5.97 Å². The molecule has 1 N–H and O–H groups in total. The van der Waals surface area contributed by atoms with Crippen molar-refractivity contribution in [1.82, 2.24) is 4.98 Å². The van der Waals surface area contributed by atoms with Gasteiger partial charge in [-0.1, -0.05) is 0 Å². The van der Waals surface area contributed by atoms with Gasteiger partial charge in [-0.05, 0) is 0 Å². The molecule has 0 saturated heterocycles. The van der Waals surface area contributed by atoms with Crippen LogP contribution in [0, 0.1) is 0 Å². The van der Waals surface area contributed by atoms with Crippen LogP contribution in [-0.2, 0) is 0 Å². The van der Waals surface area contributed by atoms with Crippen molar-refractivity contribution in [3.05, 3.63) is 24.0 Å². The number of carboxylic acids is 1. The van der Waals surface area contributed by atoms with Gasteiger partial charge in [0.25, 0.3) is 5.95 Å². The molecule has 0 atom stereocenters. The molecule has 5 heteroatoms. The molecule has 0 bridgehead atoms. The third kappa shape index (κ3) is 1.19. The Hall–Kier alpha value is -2.04. The number of methoxy groups -OCH3 is 1. The summed E-state index contributed by atoms with van der Waals surface area (Å²) in [7, 11) is 1.45. The second kappa shape index (κ2) is 3.02. The van der Waals surface area contributed by atoms with Gasteiger partial charge in [-0.2, -0.15) is 0 Å². The number of nitrogens with zero attached hydrogens (tertiary/aromatic N) is 1. The fourth-order valence-electron chi connectivity index (χ4n) is 1.21. The predicted molar refractivity (Wildman–Crippen MR) is 47.5 cm³/mol. The third-order valence-electron chi connectivity index (χ3n) is 1.86. The molecule has 0 fully saturated rings. The van der Waals surface area contributed by atoms with E-state index in [9.17, 15) is 4.79 Å². The highest BCUT2D eigenvalue weighted by Crippen LogP contribution is 2.26. The summed E-state index contributed by atoms with van der Waals surface area (Å²) >= 11 is 0. The lowest BCUT2D eigenvalue weighted by atomic mass is 10.2. The lowest BCUT2D eigenvalue weighted by Crippen LogP contribution is -1.96. The number of fused-ring (bicyclic) bond motifs is 1. The van der Waals surface area contributed by atoms with Crippen molar-refractivity contribution in [2.45, 2.75) is 0 Å². The summed E-state index contributed by atoms with van der Waals surface area (Å²) in [6, 6.07) is 1.53. The van der Waals surface area contributed by atoms with Crippen LogP contribution in [0.2, 0.25) is 0 Å². The van der Waals surface area contributed by atoms with Crippen molar-refractivity contribution in [1.29, 1.82) is 0 Å². The van der Waals surface area contributed by atoms with E-state index in [1.54, 1.807) is 0 Å². The van der Waals surface area contributed by atoms with Gasteiger partial charge in [-0.25, -0.2) is 4.79 Å². The van der Waals surface area contributed by atoms with Gasteiger partial charge in [0, 0.05) is 17.6 Å². The molecule has 2 heterocycles. The Morgan fingerprint density at radius 3 is 3.00 bits per heavy atom. The number of rotatable bonds is 2. The number of aromatic carboxylic acids is 1. The first kappa shape index (κ1) is 8.55. The standard InChI is InChI=1S/C9H7NO4/c1-13-8-2-5-6(9(11)12)3-10-4-7(5)14-8/h2-4H,1H3,(H,11,12). The zero-order chi connectivity index (χ0) is 10.1. The van der Waals surface area contributed by atoms with Crippen molar-refractivity contribution in [2.24, 2.45) is 0 Å². The monoisotopic (exact) mass is 193 g/mol. The quantitative estimate of drug-likeness (QED) is 0.782. The van der Waals surface area contributed by atoms with E-state index < -0.39 is 5.97 Å². The van der Waals surface area contributed by atoms with Crippen LogP contribution in [-0.4, -0.2) is 23.2 Å². The van der Waals surface area contributed by atoms with Crippen LogP contribution in [0.5, 0.6) is 5.95 Å². The highest BCUT2D eigenvalue weighted by molar-refractivity contribution is 6.01. The van der Waals surface area contributed by atoms with Crippen molar-refractivity contribution >= 4 is 16.9 Å². The number of hydrogen-bond acceptors (Lipinski definition) is 4. The van der Waals surface area contributed by atoms with Crippen LogP contribution in [0.4, 0.5) is 0 Å². The molecule has 0 aliphatic heterocycles. The average molecular weight is 193 g/mol. The molecule has 2 rings (SSSR count). The van der Waals surface area contributed by atoms with Gasteiger partial charge in [0.05, 0.1) is 18.9 Å². The van der Waals surface area contributed by atoms with E-state index in [-0.39, 0.29) is 11.5 Å². The Morgan fingerprint density at radius 2 is 2.36 bits per heavy atom. The molecular weight excluding hydrogens is 186 g/mol. The minimum atomic E-state index is -1.04. The summed E-state index contributed by atoms with van der Waals surface area (Å²) in [4.78, 5) is 14.5. The first-order chi connectivity index (χ1) is 6.72. The third-order valence-corrected chi connectivity index (χ3v) is 1.86. The second-order valence-electron chi connectivity index (χ2n) is 2.67. The molecule has 14 heavy (non-hydrogen) atoms. The first-order valence-corrected chi connectivity index (χ1v) is 3.87. The molecule has 2 aromatic rings. The molecule has 0 aliphatic rings. The highest BCUT2D eigenvalue weighted by Gasteiger charge is 2.13. The van der Waals surface area contributed by atoms with Crippen LogP contribution < -0.4 is 4.74 Å². The molecule has 0 unspecified atom stereocenters. The van der Waals surface area contributed by atoms with E-state index in [1.807, 2.05) is 0 Å². The normalized spacial score (nSPS) is 10.4. The lowest BCUT2D eigenvalue weighted by Gasteiger charge is -1.92. The molecule has 72 valence electrons. The Morgan fingerprint density at radius 1 is 1.57 bits per heavy atom. The van der Waals surface area contributed by atoms with Crippen LogP contribution >= 0.6 is 0 Å². The Balaban J connectivity index is 2.73. The molecule has 0 aliphatic carbocycles. The Kier molecular flexibility index (Phi) is 1.85. The second-order valence-corrected chi connectivity index (χ2v) is 2.67. The highest BCUT2D eigenvalue weighted by atomic mass is 16.6. The van der Waals surface area contributed by atoms with Gasteiger partial charge in [0.2, 0.25) is 0 Å². The fourth-order valence-corrected chi connectivity index (χ4v) is 1.21. The maximum absolute atomic E-state index is 10.8. The number of carboxylic acid groups (broad SMARTS) is 1. The summed E-state index contributed by atoms with van der Waals surface area (Å²) < 4.78 is 10.0. The minimum absolute atomic E-state index is 0.106. The maximum atomic E-state index is 10.8. The summed E-state index contributed by atoms with van der Waals surface area (Å²) in [6.45, 7) is 0. The zero-order valence-corrected chi connectivity index (χ0v) is 7.35. The molecule has 0 aromatic carbocycles. The fraction of sp³-hybridized carbons (Fsp3) is 0.111. The maximum Gasteiger partial charge on any atom is 0.338 e. The summed E-state index contributed by atoms with van der Waals surface area (Å²) in [5.41, 5.74) is 0.510. The van der Waals surface area contributed by atoms with Crippen molar-refractivity contribution in [3.8, 4) is 5.95 Å².